The van der Waals surface area contributed by atoms with Gasteiger partial charge in [-0.05, 0) is 33.6 Å². The number of rotatable bonds is 2. The Bertz CT molecular complexity index is 462. The minimum Gasteiger partial charge on any atom is -0.458 e. The molecule has 19 heavy (non-hydrogen) atoms. The van der Waals surface area contributed by atoms with Crippen LogP contribution >= 0.6 is 0 Å². The van der Waals surface area contributed by atoms with Crippen molar-refractivity contribution < 1.29 is 14.3 Å². The molecule has 1 N–H and O–H groups in total. The zero-order valence-corrected chi connectivity index (χ0v) is 11.5. The number of hydrogen-bond donors (Lipinski definition) is 1. The van der Waals surface area contributed by atoms with Crippen LogP contribution in [-0.4, -0.2) is 44.9 Å². The van der Waals surface area contributed by atoms with Crippen LogP contribution in [0, 0.1) is 0 Å². The highest BCUT2D eigenvalue weighted by Crippen LogP contribution is 2.22. The molecule has 0 radical (unpaired) electrons. The monoisotopic (exact) mass is 265 g/mol. The van der Waals surface area contributed by atoms with Gasteiger partial charge in [0, 0.05) is 6.54 Å². The Balaban J connectivity index is 2.09. The molecule has 6 heteroatoms. The van der Waals surface area contributed by atoms with Gasteiger partial charge in [0.05, 0.1) is 12.5 Å². The van der Waals surface area contributed by atoms with Crippen molar-refractivity contribution in [3.8, 4) is 0 Å². The van der Waals surface area contributed by atoms with Crippen LogP contribution in [0.2, 0.25) is 0 Å². The van der Waals surface area contributed by atoms with Crippen LogP contribution in [0.5, 0.6) is 0 Å². The fourth-order valence-corrected chi connectivity index (χ4v) is 2.15. The molecule has 2 rings (SSSR count). The molecule has 6 nitrogen and oxygen atoms in total. The quantitative estimate of drug-likeness (QED) is 0.819. The van der Waals surface area contributed by atoms with E-state index in [4.69, 9.17) is 4.74 Å². The van der Waals surface area contributed by atoms with Crippen molar-refractivity contribution >= 4 is 11.9 Å². The highest BCUT2D eigenvalue weighted by atomic mass is 16.6. The number of nitrogens with one attached hydrogen (secondary N) is 1. The number of likely N-dealkylation sites (tertiary alicyclic amines) is 1. The Hall–Kier alpha value is -1.85. The van der Waals surface area contributed by atoms with E-state index >= 15 is 0 Å². The maximum absolute atomic E-state index is 12.2. The Labute approximate surface area is 112 Å². The van der Waals surface area contributed by atoms with E-state index in [1.54, 1.807) is 4.90 Å². The second kappa shape index (κ2) is 5.03. The van der Waals surface area contributed by atoms with Crippen molar-refractivity contribution in [3.05, 3.63) is 18.2 Å². The first kappa shape index (κ1) is 13.6. The largest absolute Gasteiger partial charge is 0.458 e. The van der Waals surface area contributed by atoms with Crippen LogP contribution in [0.3, 0.4) is 0 Å². The summed E-state index contributed by atoms with van der Waals surface area (Å²) in [6, 6.07) is -0.491. The molecular formula is C13H19N3O3. The summed E-state index contributed by atoms with van der Waals surface area (Å²) in [6.45, 7) is 6.03. The molecule has 2 heterocycles. The van der Waals surface area contributed by atoms with Gasteiger partial charge in [-0.15, -0.1) is 0 Å². The standard InChI is InChI=1S/C13H19N3O3/c1-13(2,3)19-12(18)10-5-4-6-16(10)11(17)9-7-14-8-15-9/h7-8,10H,4-6H2,1-3H3,(H,14,15)/t10-/m1/s1. The minimum absolute atomic E-state index is 0.203. The second-order valence-corrected chi connectivity index (χ2v) is 5.66. The summed E-state index contributed by atoms with van der Waals surface area (Å²) in [5.74, 6) is -0.538. The van der Waals surface area contributed by atoms with E-state index < -0.39 is 11.6 Å². The number of carbonyl (C=O) groups excluding carboxylic acids is 2. The van der Waals surface area contributed by atoms with Crippen molar-refractivity contribution in [2.75, 3.05) is 6.54 Å². The molecule has 0 bridgehead atoms. The number of nitrogens with zero attached hydrogens (tertiary/aromatic N) is 2. The molecule has 1 aromatic heterocycles. The Morgan fingerprint density at radius 2 is 2.21 bits per heavy atom. The summed E-state index contributed by atoms with van der Waals surface area (Å²) in [7, 11) is 0. The van der Waals surface area contributed by atoms with E-state index in [0.717, 1.165) is 6.42 Å². The third kappa shape index (κ3) is 3.13. The van der Waals surface area contributed by atoms with Gasteiger partial charge in [-0.1, -0.05) is 0 Å². The number of amides is 1. The van der Waals surface area contributed by atoms with Gasteiger partial charge < -0.3 is 14.6 Å². The number of ether oxygens (including phenoxy) is 1. The summed E-state index contributed by atoms with van der Waals surface area (Å²) in [6.07, 6.45) is 4.37. The summed E-state index contributed by atoms with van der Waals surface area (Å²) in [4.78, 5) is 32.5. The third-order valence-corrected chi connectivity index (χ3v) is 2.92. The average molecular weight is 265 g/mol. The summed E-state index contributed by atoms with van der Waals surface area (Å²) in [5.41, 5.74) is -0.141. The number of H-pyrrole nitrogens is 1. The maximum Gasteiger partial charge on any atom is 0.329 e. The van der Waals surface area contributed by atoms with E-state index in [2.05, 4.69) is 9.97 Å². The summed E-state index contributed by atoms with van der Waals surface area (Å²) >= 11 is 0. The van der Waals surface area contributed by atoms with Crippen LogP contribution in [0.1, 0.15) is 44.1 Å². The predicted molar refractivity (Wildman–Crippen MR) is 68.5 cm³/mol. The minimum atomic E-state index is -0.539. The lowest BCUT2D eigenvalue weighted by atomic mass is 10.1. The molecule has 1 aliphatic rings. The van der Waals surface area contributed by atoms with Gasteiger partial charge in [0.1, 0.15) is 17.3 Å². The Morgan fingerprint density at radius 3 is 2.79 bits per heavy atom. The molecule has 1 fully saturated rings. The molecule has 0 unspecified atom stereocenters. The molecule has 0 spiro atoms. The predicted octanol–water partition coefficient (Wildman–Crippen LogP) is 1.36. The number of esters is 1. The van der Waals surface area contributed by atoms with E-state index in [1.807, 2.05) is 20.8 Å². The molecule has 1 atom stereocenters. The van der Waals surface area contributed by atoms with E-state index in [1.165, 1.54) is 12.5 Å². The summed E-state index contributed by atoms with van der Waals surface area (Å²) in [5, 5.41) is 0. The van der Waals surface area contributed by atoms with E-state index in [0.29, 0.717) is 18.7 Å². The third-order valence-electron chi connectivity index (χ3n) is 2.92. The zero-order valence-electron chi connectivity index (χ0n) is 11.5. The Morgan fingerprint density at radius 1 is 1.47 bits per heavy atom. The van der Waals surface area contributed by atoms with Crippen LogP contribution in [0.4, 0.5) is 0 Å². The fourth-order valence-electron chi connectivity index (χ4n) is 2.15. The molecule has 0 aliphatic carbocycles. The SMILES string of the molecule is CC(C)(C)OC(=O)[C@H]1CCCN1C(=O)c1cnc[nH]1. The molecule has 0 saturated carbocycles. The van der Waals surface area contributed by atoms with Crippen LogP contribution in [0.15, 0.2) is 12.5 Å². The highest BCUT2D eigenvalue weighted by Gasteiger charge is 2.37. The van der Waals surface area contributed by atoms with Gasteiger partial charge >= 0.3 is 5.97 Å². The number of hydrogen-bond acceptors (Lipinski definition) is 4. The molecule has 1 aromatic rings. The number of imidazole rings is 1. The van der Waals surface area contributed by atoms with Gasteiger partial charge in [-0.25, -0.2) is 9.78 Å². The van der Waals surface area contributed by atoms with Gasteiger partial charge in [0.15, 0.2) is 0 Å². The average Bonchev–Trinajstić information content (AvgIpc) is 2.97. The lowest BCUT2D eigenvalue weighted by Gasteiger charge is -2.27. The lowest BCUT2D eigenvalue weighted by molar-refractivity contribution is -0.159. The van der Waals surface area contributed by atoms with Crippen molar-refractivity contribution in [2.45, 2.75) is 45.3 Å². The van der Waals surface area contributed by atoms with Crippen molar-refractivity contribution in [1.29, 1.82) is 0 Å². The van der Waals surface area contributed by atoms with Gasteiger partial charge in [0.25, 0.3) is 5.91 Å². The van der Waals surface area contributed by atoms with Crippen molar-refractivity contribution in [3.63, 3.8) is 0 Å². The van der Waals surface area contributed by atoms with Crippen LogP contribution in [0.25, 0.3) is 0 Å². The number of aromatic nitrogens is 2. The molecular weight excluding hydrogens is 246 g/mol. The van der Waals surface area contributed by atoms with E-state index in [9.17, 15) is 9.59 Å². The zero-order chi connectivity index (χ0) is 14.0. The highest BCUT2D eigenvalue weighted by molar-refractivity contribution is 5.95. The topological polar surface area (TPSA) is 75.3 Å². The molecule has 104 valence electrons. The fraction of sp³-hybridized carbons (Fsp3) is 0.615. The van der Waals surface area contributed by atoms with Crippen LogP contribution in [-0.2, 0) is 9.53 Å². The lowest BCUT2D eigenvalue weighted by Crippen LogP contribution is -2.43. The normalized spacial score (nSPS) is 19.5. The van der Waals surface area contributed by atoms with Gasteiger partial charge in [-0.3, -0.25) is 4.79 Å². The molecule has 1 saturated heterocycles. The molecule has 1 aliphatic heterocycles. The van der Waals surface area contributed by atoms with Crippen LogP contribution < -0.4 is 0 Å². The maximum atomic E-state index is 12.2. The first-order valence-corrected chi connectivity index (χ1v) is 6.41. The number of aromatic amines is 1. The second-order valence-electron chi connectivity index (χ2n) is 5.66. The van der Waals surface area contributed by atoms with Gasteiger partial charge in [0.2, 0.25) is 0 Å². The van der Waals surface area contributed by atoms with Crippen molar-refractivity contribution in [1.82, 2.24) is 14.9 Å². The molecule has 1 amide bonds. The van der Waals surface area contributed by atoms with Crippen molar-refractivity contribution in [2.24, 2.45) is 0 Å². The number of carbonyl (C=O) groups is 2. The first-order valence-electron chi connectivity index (χ1n) is 6.41. The summed E-state index contributed by atoms with van der Waals surface area (Å²) < 4.78 is 5.36. The van der Waals surface area contributed by atoms with E-state index in [-0.39, 0.29) is 11.9 Å². The Kier molecular flexibility index (Phi) is 3.59. The smallest absolute Gasteiger partial charge is 0.329 e. The molecule has 0 aromatic carbocycles. The van der Waals surface area contributed by atoms with Gasteiger partial charge in [-0.2, -0.15) is 0 Å². The first-order chi connectivity index (χ1) is 8.88.